The summed E-state index contributed by atoms with van der Waals surface area (Å²) in [4.78, 5) is 6.91. The molecule has 5 nitrogen and oxygen atoms in total. The highest BCUT2D eigenvalue weighted by atomic mass is 127. The van der Waals surface area contributed by atoms with Crippen molar-refractivity contribution in [3.63, 3.8) is 0 Å². The van der Waals surface area contributed by atoms with Crippen LogP contribution in [-0.2, 0) is 13.0 Å². The van der Waals surface area contributed by atoms with Gasteiger partial charge >= 0.3 is 0 Å². The largest absolute Gasteiger partial charge is 0.495 e. The number of nitrogens with zero attached hydrogens (tertiary/aromatic N) is 2. The fourth-order valence-corrected chi connectivity index (χ4v) is 3.16. The van der Waals surface area contributed by atoms with Gasteiger partial charge in [-0.25, -0.2) is 0 Å². The van der Waals surface area contributed by atoms with Crippen LogP contribution in [0.4, 0.5) is 5.69 Å². The second kappa shape index (κ2) is 10.4. The summed E-state index contributed by atoms with van der Waals surface area (Å²) in [6.07, 6.45) is 2.13. The van der Waals surface area contributed by atoms with Gasteiger partial charge in [0.25, 0.3) is 0 Å². The molecular formula is C20H27IN4O. The summed E-state index contributed by atoms with van der Waals surface area (Å²) >= 11 is 0. The van der Waals surface area contributed by atoms with Crippen molar-refractivity contribution in [2.75, 3.05) is 32.1 Å². The van der Waals surface area contributed by atoms with Crippen molar-refractivity contribution >= 4 is 35.6 Å². The topological polar surface area (TPSA) is 62.9 Å². The number of hydrogen-bond acceptors (Lipinski definition) is 3. The Hall–Kier alpha value is -1.80. The monoisotopic (exact) mass is 466 g/mol. The van der Waals surface area contributed by atoms with E-state index in [1.54, 1.807) is 7.11 Å². The van der Waals surface area contributed by atoms with E-state index in [1.807, 2.05) is 24.3 Å². The van der Waals surface area contributed by atoms with Crippen molar-refractivity contribution in [2.24, 2.45) is 10.7 Å². The Morgan fingerprint density at radius 1 is 1.15 bits per heavy atom. The third-order valence-corrected chi connectivity index (χ3v) is 4.49. The number of aliphatic imine (C=N–C) groups is 1. The van der Waals surface area contributed by atoms with Crippen molar-refractivity contribution in [1.82, 2.24) is 4.90 Å². The number of para-hydroxylation sites is 2. The molecule has 1 aliphatic rings. The first-order valence-electron chi connectivity index (χ1n) is 8.75. The lowest BCUT2D eigenvalue weighted by Crippen LogP contribution is -2.31. The minimum Gasteiger partial charge on any atom is -0.495 e. The van der Waals surface area contributed by atoms with Gasteiger partial charge in [0, 0.05) is 26.2 Å². The number of rotatable bonds is 6. The van der Waals surface area contributed by atoms with Gasteiger partial charge in [-0.2, -0.15) is 0 Å². The Morgan fingerprint density at radius 3 is 2.69 bits per heavy atom. The molecule has 0 saturated carbocycles. The molecule has 140 valence electrons. The molecule has 1 heterocycles. The summed E-state index contributed by atoms with van der Waals surface area (Å²) in [6.45, 7) is 3.91. The zero-order valence-corrected chi connectivity index (χ0v) is 17.5. The van der Waals surface area contributed by atoms with E-state index >= 15 is 0 Å². The minimum absolute atomic E-state index is 0. The van der Waals surface area contributed by atoms with Gasteiger partial charge in [-0.3, -0.25) is 9.89 Å². The smallest absolute Gasteiger partial charge is 0.193 e. The molecule has 0 radical (unpaired) electrons. The maximum absolute atomic E-state index is 5.98. The molecule has 0 aromatic heterocycles. The van der Waals surface area contributed by atoms with Crippen molar-refractivity contribution in [1.29, 1.82) is 0 Å². The van der Waals surface area contributed by atoms with E-state index in [9.17, 15) is 0 Å². The van der Waals surface area contributed by atoms with Crippen LogP contribution in [0.15, 0.2) is 53.5 Å². The van der Waals surface area contributed by atoms with Crippen LogP contribution in [0.25, 0.3) is 0 Å². The van der Waals surface area contributed by atoms with Crippen LogP contribution < -0.4 is 15.8 Å². The fraction of sp³-hybridized carbons (Fsp3) is 0.350. The second-order valence-corrected chi connectivity index (χ2v) is 6.24. The molecular weight excluding hydrogens is 439 g/mol. The number of fused-ring (bicyclic) bond motifs is 1. The summed E-state index contributed by atoms with van der Waals surface area (Å²) < 4.78 is 5.30. The lowest BCUT2D eigenvalue weighted by Gasteiger charge is -2.28. The predicted octanol–water partition coefficient (Wildman–Crippen LogP) is 3.49. The molecule has 0 saturated heterocycles. The number of hydrogen-bond donors (Lipinski definition) is 2. The summed E-state index contributed by atoms with van der Waals surface area (Å²) in [6, 6.07) is 16.4. The zero-order valence-electron chi connectivity index (χ0n) is 15.1. The van der Waals surface area contributed by atoms with Crippen molar-refractivity contribution < 1.29 is 4.74 Å². The van der Waals surface area contributed by atoms with E-state index in [1.165, 1.54) is 11.1 Å². The van der Waals surface area contributed by atoms with Crippen molar-refractivity contribution in [3.8, 4) is 5.75 Å². The Labute approximate surface area is 172 Å². The predicted molar refractivity (Wildman–Crippen MR) is 119 cm³/mol. The van der Waals surface area contributed by atoms with Crippen molar-refractivity contribution in [3.05, 3.63) is 59.7 Å². The van der Waals surface area contributed by atoms with Crippen molar-refractivity contribution in [2.45, 2.75) is 19.4 Å². The number of ether oxygens (including phenoxy) is 1. The van der Waals surface area contributed by atoms with Gasteiger partial charge in [-0.15, -0.1) is 24.0 Å². The number of methoxy groups -OCH3 is 1. The fourth-order valence-electron chi connectivity index (χ4n) is 3.16. The summed E-state index contributed by atoms with van der Waals surface area (Å²) in [5.74, 6) is 1.18. The number of nitrogens with two attached hydrogens (primary N) is 1. The Balaban J connectivity index is 0.00000243. The van der Waals surface area contributed by atoms with Crippen LogP contribution in [-0.4, -0.2) is 37.6 Å². The number of benzene rings is 2. The molecule has 0 fully saturated rings. The lowest BCUT2D eigenvalue weighted by molar-refractivity contribution is 0.253. The maximum atomic E-state index is 5.98. The molecule has 0 atom stereocenters. The normalized spacial score (nSPS) is 14.3. The van der Waals surface area contributed by atoms with E-state index < -0.39 is 0 Å². The van der Waals surface area contributed by atoms with E-state index in [4.69, 9.17) is 10.5 Å². The Bertz CT molecular complexity index is 735. The van der Waals surface area contributed by atoms with E-state index in [0.717, 1.165) is 43.9 Å². The van der Waals surface area contributed by atoms with Gasteiger partial charge in [-0.05, 0) is 36.1 Å². The zero-order chi connectivity index (χ0) is 17.5. The molecule has 2 aromatic carbocycles. The number of nitrogens with one attached hydrogen (secondary N) is 1. The molecule has 2 aromatic rings. The highest BCUT2D eigenvalue weighted by Crippen LogP contribution is 2.22. The van der Waals surface area contributed by atoms with Crippen LogP contribution >= 0.6 is 24.0 Å². The molecule has 3 rings (SSSR count). The highest BCUT2D eigenvalue weighted by molar-refractivity contribution is 14.0. The van der Waals surface area contributed by atoms with Crippen LogP contribution in [0.5, 0.6) is 5.75 Å². The first-order valence-corrected chi connectivity index (χ1v) is 8.75. The van der Waals surface area contributed by atoms with Crippen LogP contribution in [0.2, 0.25) is 0 Å². The average Bonchev–Trinajstić information content (AvgIpc) is 2.65. The van der Waals surface area contributed by atoms with Crippen LogP contribution in [0.3, 0.4) is 0 Å². The Morgan fingerprint density at radius 2 is 1.88 bits per heavy atom. The van der Waals surface area contributed by atoms with Crippen LogP contribution in [0, 0.1) is 0 Å². The molecule has 0 bridgehead atoms. The molecule has 0 unspecified atom stereocenters. The Kier molecular flexibility index (Phi) is 8.18. The number of anilines is 1. The van der Waals surface area contributed by atoms with Crippen LogP contribution in [0.1, 0.15) is 17.5 Å². The molecule has 0 amide bonds. The standard InChI is InChI=1S/C20H26N4O.HI/c1-25-19-10-5-4-9-18(19)23-20(21)22-12-6-13-24-14-11-16-7-2-3-8-17(16)15-24;/h2-5,7-10H,6,11-15H2,1H3,(H3,21,22,23);1H. The lowest BCUT2D eigenvalue weighted by atomic mass is 10.00. The summed E-state index contributed by atoms with van der Waals surface area (Å²) in [5.41, 5.74) is 9.76. The average molecular weight is 466 g/mol. The van der Waals surface area contributed by atoms with Gasteiger partial charge in [-0.1, -0.05) is 36.4 Å². The van der Waals surface area contributed by atoms with E-state index in [2.05, 4.69) is 39.5 Å². The molecule has 3 N–H and O–H groups in total. The maximum Gasteiger partial charge on any atom is 0.193 e. The van der Waals surface area contributed by atoms with Gasteiger partial charge in [0.15, 0.2) is 5.96 Å². The quantitative estimate of drug-likeness (QED) is 0.296. The third-order valence-electron chi connectivity index (χ3n) is 4.49. The highest BCUT2D eigenvalue weighted by Gasteiger charge is 2.14. The van der Waals surface area contributed by atoms with E-state index in [-0.39, 0.29) is 24.0 Å². The molecule has 0 spiro atoms. The minimum atomic E-state index is 0. The van der Waals surface area contributed by atoms with E-state index in [0.29, 0.717) is 12.5 Å². The summed E-state index contributed by atoms with van der Waals surface area (Å²) in [5, 5.41) is 3.10. The first-order chi connectivity index (χ1) is 12.3. The van der Waals surface area contributed by atoms with Gasteiger partial charge in [0.05, 0.1) is 12.8 Å². The number of halogens is 1. The molecule has 26 heavy (non-hydrogen) atoms. The SMILES string of the molecule is COc1ccccc1NC(N)=NCCCN1CCc2ccccc2C1.I. The summed E-state index contributed by atoms with van der Waals surface area (Å²) in [7, 11) is 1.64. The molecule has 1 aliphatic heterocycles. The van der Waals surface area contributed by atoms with Gasteiger partial charge in [0.2, 0.25) is 0 Å². The first kappa shape index (κ1) is 20.5. The van der Waals surface area contributed by atoms with Gasteiger partial charge < -0.3 is 15.8 Å². The second-order valence-electron chi connectivity index (χ2n) is 6.24. The number of guanidine groups is 1. The molecule has 0 aliphatic carbocycles. The third kappa shape index (κ3) is 5.60. The van der Waals surface area contributed by atoms with Gasteiger partial charge in [0.1, 0.15) is 5.75 Å². The molecule has 6 heteroatoms.